The minimum atomic E-state index is -1.15. The van der Waals surface area contributed by atoms with Gasteiger partial charge < -0.3 is 33.7 Å². The third-order valence-electron chi connectivity index (χ3n) is 5.87. The number of anilines is 2. The van der Waals surface area contributed by atoms with Crippen LogP contribution in [0.25, 0.3) is 10.9 Å². The van der Waals surface area contributed by atoms with Gasteiger partial charge in [0, 0.05) is 17.5 Å². The van der Waals surface area contributed by atoms with E-state index in [2.05, 4.69) is 15.3 Å². The Kier molecular flexibility index (Phi) is 6.20. The second kappa shape index (κ2) is 9.28. The van der Waals surface area contributed by atoms with Crippen LogP contribution >= 0.6 is 11.6 Å². The molecule has 2 aromatic carbocycles. The monoisotopic (exact) mass is 491 g/mol. The Morgan fingerprint density at radius 3 is 2.44 bits per heavy atom. The summed E-state index contributed by atoms with van der Waals surface area (Å²) in [6, 6.07) is 6.89. The minimum absolute atomic E-state index is 0.00510. The van der Waals surface area contributed by atoms with Crippen LogP contribution in [-0.2, 0) is 9.47 Å². The predicted octanol–water partition coefficient (Wildman–Crippen LogP) is 3.94. The molecule has 34 heavy (non-hydrogen) atoms. The Bertz CT molecular complexity index is 1220. The van der Waals surface area contributed by atoms with E-state index in [9.17, 15) is 4.39 Å². The minimum Gasteiger partial charge on any atom is -0.495 e. The van der Waals surface area contributed by atoms with Gasteiger partial charge in [0.05, 0.1) is 50.8 Å². The van der Waals surface area contributed by atoms with E-state index >= 15 is 0 Å². The van der Waals surface area contributed by atoms with Crippen molar-refractivity contribution in [2.24, 2.45) is 0 Å². The lowest BCUT2D eigenvalue weighted by atomic mass is 10.1. The molecule has 2 saturated heterocycles. The zero-order valence-electron chi connectivity index (χ0n) is 18.7. The highest BCUT2D eigenvalue weighted by atomic mass is 35.5. The molecule has 5 rings (SSSR count). The molecule has 2 aliphatic heterocycles. The molecule has 4 atom stereocenters. The van der Waals surface area contributed by atoms with Crippen LogP contribution in [0.1, 0.15) is 0 Å². The number of hydrogen-bond acceptors (Lipinski definition) is 9. The number of methoxy groups -OCH3 is 3. The molecule has 9 nitrogen and oxygen atoms in total. The number of fused-ring (bicyclic) bond motifs is 2. The Hall–Kier alpha value is -3.08. The smallest absolute Gasteiger partial charge is 0.164 e. The van der Waals surface area contributed by atoms with E-state index in [0.29, 0.717) is 50.4 Å². The molecule has 0 radical (unpaired) electrons. The number of benzene rings is 2. The number of alkyl halides is 1. The fourth-order valence-electron chi connectivity index (χ4n) is 4.18. The van der Waals surface area contributed by atoms with Gasteiger partial charge in [0.15, 0.2) is 23.8 Å². The maximum atomic E-state index is 13.9. The number of aromatic nitrogens is 2. The molecule has 1 aromatic heterocycles. The molecule has 0 bridgehead atoms. The summed E-state index contributed by atoms with van der Waals surface area (Å²) in [6.07, 6.45) is -1.25. The molecule has 0 amide bonds. The SMILES string of the molecule is COc1cc(OC)c(Nc2ncnc3cc(OC4CO[C@H]5C(F)CO[C@@H]45)c(OC)cc23)cc1Cl. The molecule has 2 unspecified atom stereocenters. The van der Waals surface area contributed by atoms with Gasteiger partial charge in [-0.2, -0.15) is 0 Å². The quantitative estimate of drug-likeness (QED) is 0.527. The Morgan fingerprint density at radius 2 is 1.68 bits per heavy atom. The number of nitrogens with one attached hydrogen (secondary N) is 1. The molecule has 180 valence electrons. The fourth-order valence-corrected chi connectivity index (χ4v) is 4.42. The van der Waals surface area contributed by atoms with Crippen LogP contribution in [-0.4, -0.2) is 69.0 Å². The molecule has 0 saturated carbocycles. The van der Waals surface area contributed by atoms with E-state index in [1.807, 2.05) is 0 Å². The molecule has 0 spiro atoms. The number of halogens is 2. The summed E-state index contributed by atoms with van der Waals surface area (Å²) < 4.78 is 47.4. The van der Waals surface area contributed by atoms with Crippen molar-refractivity contribution in [2.45, 2.75) is 24.5 Å². The first-order chi connectivity index (χ1) is 16.5. The second-order valence-electron chi connectivity index (χ2n) is 7.82. The largest absolute Gasteiger partial charge is 0.495 e. The Morgan fingerprint density at radius 1 is 0.912 bits per heavy atom. The summed E-state index contributed by atoms with van der Waals surface area (Å²) in [4.78, 5) is 8.75. The zero-order valence-corrected chi connectivity index (χ0v) is 19.5. The van der Waals surface area contributed by atoms with Crippen molar-refractivity contribution in [1.82, 2.24) is 9.97 Å². The number of rotatable bonds is 7. The van der Waals surface area contributed by atoms with Crippen molar-refractivity contribution in [2.75, 3.05) is 39.9 Å². The van der Waals surface area contributed by atoms with Gasteiger partial charge in [-0.15, -0.1) is 0 Å². The molecular weight excluding hydrogens is 469 g/mol. The lowest BCUT2D eigenvalue weighted by Gasteiger charge is -2.20. The van der Waals surface area contributed by atoms with Crippen LogP contribution in [0.4, 0.5) is 15.9 Å². The summed E-state index contributed by atoms with van der Waals surface area (Å²) >= 11 is 6.31. The topological polar surface area (TPSA) is 93.2 Å². The number of ether oxygens (including phenoxy) is 6. The Balaban J connectivity index is 1.47. The van der Waals surface area contributed by atoms with Crippen molar-refractivity contribution < 1.29 is 32.8 Å². The molecule has 0 aliphatic carbocycles. The van der Waals surface area contributed by atoms with Gasteiger partial charge in [-0.3, -0.25) is 0 Å². The van der Waals surface area contributed by atoms with Crippen molar-refractivity contribution in [1.29, 1.82) is 0 Å². The number of nitrogens with zero attached hydrogens (tertiary/aromatic N) is 2. The highest BCUT2D eigenvalue weighted by Crippen LogP contribution is 2.40. The highest BCUT2D eigenvalue weighted by molar-refractivity contribution is 6.32. The van der Waals surface area contributed by atoms with Crippen molar-refractivity contribution >= 4 is 34.0 Å². The summed E-state index contributed by atoms with van der Waals surface area (Å²) in [5.74, 6) is 2.44. The Labute approximate surface area is 200 Å². The van der Waals surface area contributed by atoms with Gasteiger partial charge in [0.1, 0.15) is 35.9 Å². The van der Waals surface area contributed by atoms with Crippen LogP contribution in [0.15, 0.2) is 30.6 Å². The van der Waals surface area contributed by atoms with Crippen LogP contribution in [0.5, 0.6) is 23.0 Å². The summed E-state index contributed by atoms with van der Waals surface area (Å²) in [5, 5.41) is 4.34. The van der Waals surface area contributed by atoms with E-state index in [1.165, 1.54) is 20.5 Å². The van der Waals surface area contributed by atoms with Crippen LogP contribution in [0, 0.1) is 0 Å². The normalized spacial score (nSPS) is 23.6. The third kappa shape index (κ3) is 4.02. The molecule has 11 heteroatoms. The van der Waals surface area contributed by atoms with Gasteiger partial charge in [-0.25, -0.2) is 14.4 Å². The van der Waals surface area contributed by atoms with Crippen LogP contribution in [0.3, 0.4) is 0 Å². The van der Waals surface area contributed by atoms with Crippen molar-refractivity contribution in [3.63, 3.8) is 0 Å². The van der Waals surface area contributed by atoms with Gasteiger partial charge in [0.25, 0.3) is 0 Å². The maximum Gasteiger partial charge on any atom is 0.164 e. The van der Waals surface area contributed by atoms with Crippen LogP contribution in [0.2, 0.25) is 5.02 Å². The average Bonchev–Trinajstić information content (AvgIpc) is 3.42. The van der Waals surface area contributed by atoms with E-state index in [0.717, 1.165) is 0 Å². The van der Waals surface area contributed by atoms with Crippen molar-refractivity contribution in [3.8, 4) is 23.0 Å². The predicted molar refractivity (Wildman–Crippen MR) is 123 cm³/mol. The van der Waals surface area contributed by atoms with E-state index in [-0.39, 0.29) is 13.2 Å². The molecule has 1 N–H and O–H groups in total. The average molecular weight is 492 g/mol. The van der Waals surface area contributed by atoms with Crippen molar-refractivity contribution in [3.05, 3.63) is 35.6 Å². The first kappa shape index (κ1) is 22.7. The second-order valence-corrected chi connectivity index (χ2v) is 8.23. The standard InChI is InChI=1S/C23H23ClFN3O6/c1-29-16-7-17(30-2)15(5-12(16)24)28-23-11-4-18(31-3)19(6-14(11)26-10-27-23)34-20-9-33-21-13(25)8-32-22(20)21/h4-7,10,13,20-22H,8-9H2,1-3H3,(H,26,27,28)/t13?,20?,21-,22-/m0/s1. The van der Waals surface area contributed by atoms with E-state index in [4.69, 9.17) is 40.0 Å². The fraction of sp³-hybridized carbons (Fsp3) is 0.391. The van der Waals surface area contributed by atoms with Gasteiger partial charge >= 0.3 is 0 Å². The summed E-state index contributed by atoms with van der Waals surface area (Å²) in [6.45, 7) is 0.233. The first-order valence-corrected chi connectivity index (χ1v) is 11.0. The molecular formula is C23H23ClFN3O6. The van der Waals surface area contributed by atoms with Gasteiger partial charge in [-0.05, 0) is 12.1 Å². The third-order valence-corrected chi connectivity index (χ3v) is 6.17. The lowest BCUT2D eigenvalue weighted by molar-refractivity contribution is 0.0271. The van der Waals surface area contributed by atoms with Gasteiger partial charge in [-0.1, -0.05) is 11.6 Å². The maximum absolute atomic E-state index is 13.9. The molecule has 2 aliphatic rings. The highest BCUT2D eigenvalue weighted by Gasteiger charge is 2.49. The zero-order chi connectivity index (χ0) is 23.8. The molecule has 3 heterocycles. The van der Waals surface area contributed by atoms with E-state index in [1.54, 1.807) is 31.4 Å². The van der Waals surface area contributed by atoms with Gasteiger partial charge in [0.2, 0.25) is 0 Å². The van der Waals surface area contributed by atoms with Crippen LogP contribution < -0.4 is 24.3 Å². The lowest BCUT2D eigenvalue weighted by Crippen LogP contribution is -2.33. The molecule has 2 fully saturated rings. The van der Waals surface area contributed by atoms with E-state index < -0.39 is 24.5 Å². The molecule has 3 aromatic rings. The number of hydrogen-bond donors (Lipinski definition) is 1. The summed E-state index contributed by atoms with van der Waals surface area (Å²) in [5.41, 5.74) is 1.21. The summed E-state index contributed by atoms with van der Waals surface area (Å²) in [7, 11) is 4.62. The first-order valence-electron chi connectivity index (χ1n) is 10.6.